The smallest absolute Gasteiger partial charge is 0.246 e. The lowest BCUT2D eigenvalue weighted by molar-refractivity contribution is -0.310. The molecule has 0 spiro atoms. The summed E-state index contributed by atoms with van der Waals surface area (Å²) in [5.74, 6) is -3.13. The number of nitrogens with one attached hydrogen (secondary N) is 3. The molecule has 23 nitrogen and oxygen atoms in total. The number of nitrogens with two attached hydrogens (primary N) is 2. The Labute approximate surface area is 383 Å². The molecule has 24 heteroatoms. The number of primary amides is 1. The Kier molecular flexibility index (Phi) is 19.4. The number of hydrogen-bond acceptors (Lipinski definition) is 19. The molecular weight excluding hydrogens is 893 g/mol. The minimum atomic E-state index is -1.74. The molecule has 3 aliphatic rings. The van der Waals surface area contributed by atoms with Crippen LogP contribution in [0.1, 0.15) is 24.0 Å². The third-order valence-corrected chi connectivity index (χ3v) is 12.1. The van der Waals surface area contributed by atoms with E-state index in [2.05, 4.69) is 16.0 Å². The fourth-order valence-corrected chi connectivity index (χ4v) is 8.17. The Morgan fingerprint density at radius 2 is 1.36 bits per heavy atom. The van der Waals surface area contributed by atoms with Gasteiger partial charge in [0.2, 0.25) is 35.8 Å². The molecule has 5 rings (SSSR count). The number of rotatable bonds is 21. The van der Waals surface area contributed by atoms with Crippen molar-refractivity contribution in [1.82, 2.24) is 20.9 Å². The van der Waals surface area contributed by atoms with Crippen molar-refractivity contribution in [2.45, 2.75) is 117 Å². The summed E-state index contributed by atoms with van der Waals surface area (Å²) >= 11 is 1.41. The van der Waals surface area contributed by atoms with E-state index in [1.54, 1.807) is 48.7 Å². The number of carbonyl (C=O) groups excluding carboxylic acids is 5. The van der Waals surface area contributed by atoms with Gasteiger partial charge in [-0.05, 0) is 48.1 Å². The van der Waals surface area contributed by atoms with E-state index in [1.165, 1.54) is 23.9 Å². The maximum Gasteiger partial charge on any atom is 0.246 e. The number of thioether (sulfide) groups is 1. The van der Waals surface area contributed by atoms with Crippen molar-refractivity contribution in [1.29, 1.82) is 0 Å². The summed E-state index contributed by atoms with van der Waals surface area (Å²) in [5.41, 5.74) is 13.2. The third-order valence-electron chi connectivity index (χ3n) is 11.4. The number of aliphatic hydroxyl groups is 8. The van der Waals surface area contributed by atoms with Crippen molar-refractivity contribution < 1.29 is 83.8 Å². The van der Waals surface area contributed by atoms with Gasteiger partial charge in [-0.3, -0.25) is 24.0 Å². The molecular formula is C42H60N6O17S. The molecule has 5 amide bonds. The highest BCUT2D eigenvalue weighted by atomic mass is 32.2. The minimum absolute atomic E-state index is 0.0243. The largest absolute Gasteiger partial charge is 0.462 e. The molecule has 3 heterocycles. The highest BCUT2D eigenvalue weighted by Gasteiger charge is 2.48. The zero-order chi connectivity index (χ0) is 48.2. The van der Waals surface area contributed by atoms with Gasteiger partial charge in [0.05, 0.1) is 31.9 Å². The van der Waals surface area contributed by atoms with Gasteiger partial charge in [0.25, 0.3) is 0 Å². The predicted octanol–water partition coefficient (Wildman–Crippen LogP) is -5.91. The van der Waals surface area contributed by atoms with Gasteiger partial charge in [0, 0.05) is 19.4 Å². The fraction of sp³-hybridized carbons (Fsp3) is 0.595. The topological polar surface area (TPSA) is 375 Å². The first-order valence-corrected chi connectivity index (χ1v) is 22.6. The van der Waals surface area contributed by atoms with E-state index in [0.717, 1.165) is 4.90 Å². The molecule has 0 unspecified atom stereocenters. The second-order valence-electron chi connectivity index (χ2n) is 16.2. The van der Waals surface area contributed by atoms with Crippen LogP contribution in [-0.4, -0.2) is 205 Å². The van der Waals surface area contributed by atoms with Gasteiger partial charge in [-0.15, -0.1) is 0 Å². The number of ether oxygens (including phenoxy) is 4. The van der Waals surface area contributed by atoms with Crippen molar-refractivity contribution in [3.05, 3.63) is 65.7 Å². The van der Waals surface area contributed by atoms with Crippen LogP contribution in [0.3, 0.4) is 0 Å². The molecule has 3 fully saturated rings. The predicted molar refractivity (Wildman–Crippen MR) is 230 cm³/mol. The molecule has 0 saturated carbocycles. The minimum Gasteiger partial charge on any atom is -0.462 e. The van der Waals surface area contributed by atoms with Gasteiger partial charge >= 0.3 is 0 Å². The SMILES string of the molecule is CSCC[C@@H](NC(=O)[C@@H](N)Cc1ccc(O[C@@H]2O[C@H](CO)[C@H](O)[C@H](O)[C@H]2O)cc1)C(=O)NCC(=O)N[C@@H](Cc1ccccc1)C(=O)N1C[C@@H](O[C@@H]2O[C@H](CO)[C@H](O)[C@H](O)[C@H]2O)C[C@H]1C(N)=O. The van der Waals surface area contributed by atoms with Crippen LogP contribution in [-0.2, 0) is 51.0 Å². The molecule has 2 aromatic rings. The van der Waals surface area contributed by atoms with E-state index >= 15 is 0 Å². The van der Waals surface area contributed by atoms with Crippen molar-refractivity contribution in [3.8, 4) is 5.75 Å². The second kappa shape index (κ2) is 24.5. The first-order valence-electron chi connectivity index (χ1n) is 21.2. The Bertz CT molecular complexity index is 1920. The number of carbonyl (C=O) groups is 5. The monoisotopic (exact) mass is 952 g/mol. The molecule has 0 radical (unpaired) electrons. The standard InChI is InChI=1S/C42H60N6O17S/c1-66-12-11-25(47-38(59)24(43)13-21-7-9-22(10-8-21)62-41-35(56)33(54)31(52)28(18-49)64-41)39(60)45-16-30(51)46-26(14-20-5-3-2-4-6-20)40(61)48-17-23(15-27(48)37(44)58)63-42-36(57)34(55)32(53)29(19-50)65-42/h2-10,23-29,31-36,41-42,49-50,52-57H,11-19,43H2,1H3,(H2,44,58)(H,45,60)(H,46,51)(H,47,59)/t23-,24-,25+,26-,27-,28+,29+,31-,32-,33-,34-,35+,36+,41+,42+/m0/s1. The van der Waals surface area contributed by atoms with E-state index in [-0.39, 0.29) is 38.0 Å². The Hall–Kier alpha value is -4.54. The van der Waals surface area contributed by atoms with E-state index in [0.29, 0.717) is 16.9 Å². The number of aliphatic hydroxyl groups excluding tert-OH is 8. The molecule has 0 aliphatic carbocycles. The molecule has 3 aliphatic heterocycles. The van der Waals surface area contributed by atoms with Gasteiger partial charge in [0.1, 0.15) is 72.7 Å². The number of benzene rings is 2. The zero-order valence-corrected chi connectivity index (χ0v) is 36.8. The van der Waals surface area contributed by atoms with Crippen molar-refractivity contribution in [2.24, 2.45) is 11.5 Å². The van der Waals surface area contributed by atoms with Gasteiger partial charge in [-0.25, -0.2) is 0 Å². The summed E-state index contributed by atoms with van der Waals surface area (Å²) in [7, 11) is 0. The molecule has 2 aromatic carbocycles. The maximum atomic E-state index is 14.2. The molecule has 366 valence electrons. The number of likely N-dealkylation sites (tertiary alicyclic amines) is 1. The van der Waals surface area contributed by atoms with Crippen LogP contribution in [0.2, 0.25) is 0 Å². The number of hydrogen-bond donors (Lipinski definition) is 13. The highest BCUT2D eigenvalue weighted by molar-refractivity contribution is 7.98. The van der Waals surface area contributed by atoms with Crippen molar-refractivity contribution >= 4 is 41.3 Å². The summed E-state index contributed by atoms with van der Waals surface area (Å²) < 4.78 is 22.2. The average Bonchev–Trinajstić information content (AvgIpc) is 3.74. The van der Waals surface area contributed by atoms with Gasteiger partial charge in [-0.1, -0.05) is 42.5 Å². The van der Waals surface area contributed by atoms with Crippen molar-refractivity contribution in [2.75, 3.05) is 38.3 Å². The summed E-state index contributed by atoms with van der Waals surface area (Å²) in [6.07, 6.45) is -14.4. The van der Waals surface area contributed by atoms with Gasteiger partial charge < -0.3 is 92.1 Å². The van der Waals surface area contributed by atoms with E-state index in [9.17, 15) is 64.8 Å². The van der Waals surface area contributed by atoms with Crippen LogP contribution in [0, 0.1) is 0 Å². The van der Waals surface area contributed by atoms with Gasteiger partial charge in [0.15, 0.2) is 6.29 Å². The summed E-state index contributed by atoms with van der Waals surface area (Å²) in [6.45, 7) is -2.21. The molecule has 15 N–H and O–H groups in total. The quantitative estimate of drug-likeness (QED) is 0.0554. The highest BCUT2D eigenvalue weighted by Crippen LogP contribution is 2.29. The lowest BCUT2D eigenvalue weighted by Crippen LogP contribution is -2.60. The van der Waals surface area contributed by atoms with E-state index < -0.39 is 141 Å². The summed E-state index contributed by atoms with van der Waals surface area (Å²) in [6, 6.07) is 10.1. The summed E-state index contributed by atoms with van der Waals surface area (Å²) in [4.78, 5) is 68.1. The molecule has 0 bridgehead atoms. The molecule has 66 heavy (non-hydrogen) atoms. The van der Waals surface area contributed by atoms with Crippen LogP contribution in [0.4, 0.5) is 0 Å². The zero-order valence-electron chi connectivity index (χ0n) is 36.0. The lowest BCUT2D eigenvalue weighted by atomic mass is 9.99. The maximum absolute atomic E-state index is 14.2. The normalized spacial score (nSPS) is 30.1. The van der Waals surface area contributed by atoms with Crippen LogP contribution in [0.25, 0.3) is 0 Å². The van der Waals surface area contributed by atoms with Crippen molar-refractivity contribution in [3.63, 3.8) is 0 Å². The Morgan fingerprint density at radius 3 is 1.95 bits per heavy atom. The van der Waals surface area contributed by atoms with Crippen LogP contribution >= 0.6 is 11.8 Å². The Morgan fingerprint density at radius 1 is 0.773 bits per heavy atom. The number of nitrogens with zero attached hydrogens (tertiary/aromatic N) is 1. The van der Waals surface area contributed by atoms with Crippen LogP contribution in [0.5, 0.6) is 5.75 Å². The van der Waals surface area contributed by atoms with E-state index in [4.69, 9.17) is 30.4 Å². The fourth-order valence-electron chi connectivity index (χ4n) is 7.70. The molecule has 3 saturated heterocycles. The van der Waals surface area contributed by atoms with Crippen LogP contribution < -0.4 is 32.2 Å². The lowest BCUT2D eigenvalue weighted by Gasteiger charge is -2.40. The second-order valence-corrected chi connectivity index (χ2v) is 17.2. The Balaban J connectivity index is 1.18. The van der Waals surface area contributed by atoms with Gasteiger partial charge in [-0.2, -0.15) is 11.8 Å². The summed E-state index contributed by atoms with van der Waals surface area (Å²) in [5, 5.41) is 88.0. The molecule has 0 aromatic heterocycles. The number of amides is 5. The molecule has 15 atom stereocenters. The van der Waals surface area contributed by atoms with E-state index in [1.807, 2.05) is 0 Å². The first kappa shape index (κ1) is 52.4. The average molecular weight is 953 g/mol. The van der Waals surface area contributed by atoms with Crippen LogP contribution in [0.15, 0.2) is 54.6 Å². The first-order chi connectivity index (χ1) is 31.4. The third kappa shape index (κ3) is 13.6.